The lowest BCUT2D eigenvalue weighted by Gasteiger charge is -2.01. The molecule has 0 unspecified atom stereocenters. The summed E-state index contributed by atoms with van der Waals surface area (Å²) in [4.78, 5) is 9.03. The molecule has 0 atom stereocenters. The fourth-order valence-electron chi connectivity index (χ4n) is 2.04. The SMILES string of the molecule is Cc1nc(Sc2nc3ccccn3c2CCN)oc1C. The predicted molar refractivity (Wildman–Crippen MR) is 78.1 cm³/mol. The molecule has 0 aromatic carbocycles. The molecule has 0 amide bonds. The molecule has 6 heteroatoms. The summed E-state index contributed by atoms with van der Waals surface area (Å²) < 4.78 is 7.69. The second-order valence-electron chi connectivity index (χ2n) is 4.55. The van der Waals surface area contributed by atoms with Gasteiger partial charge in [0, 0.05) is 12.6 Å². The average Bonchev–Trinajstić information content (AvgIpc) is 2.92. The van der Waals surface area contributed by atoms with Crippen LogP contribution in [0.5, 0.6) is 0 Å². The van der Waals surface area contributed by atoms with E-state index in [1.54, 1.807) is 0 Å². The van der Waals surface area contributed by atoms with Crippen LogP contribution in [0.15, 0.2) is 39.1 Å². The quantitative estimate of drug-likeness (QED) is 0.799. The molecule has 2 N–H and O–H groups in total. The molecule has 104 valence electrons. The molecular weight excluding hydrogens is 272 g/mol. The highest BCUT2D eigenvalue weighted by Gasteiger charge is 2.16. The average molecular weight is 288 g/mol. The van der Waals surface area contributed by atoms with Crippen LogP contribution in [0.4, 0.5) is 0 Å². The summed E-state index contributed by atoms with van der Waals surface area (Å²) in [6.07, 6.45) is 2.77. The van der Waals surface area contributed by atoms with E-state index in [4.69, 9.17) is 10.2 Å². The smallest absolute Gasteiger partial charge is 0.262 e. The van der Waals surface area contributed by atoms with Gasteiger partial charge in [0.2, 0.25) is 0 Å². The molecule has 3 aromatic heterocycles. The summed E-state index contributed by atoms with van der Waals surface area (Å²) in [6, 6.07) is 5.95. The minimum absolute atomic E-state index is 0.583. The third-order valence-corrected chi connectivity index (χ3v) is 4.04. The van der Waals surface area contributed by atoms with E-state index in [-0.39, 0.29) is 0 Å². The van der Waals surface area contributed by atoms with E-state index in [0.29, 0.717) is 11.8 Å². The molecule has 0 radical (unpaired) electrons. The van der Waals surface area contributed by atoms with Gasteiger partial charge in [-0.15, -0.1) is 0 Å². The van der Waals surface area contributed by atoms with E-state index < -0.39 is 0 Å². The second-order valence-corrected chi connectivity index (χ2v) is 5.49. The standard InChI is InChI=1S/C14H16N4OS/c1-9-10(2)19-14(16-9)20-13-11(6-7-15)18-8-4-3-5-12(18)17-13/h3-5,8H,6-7,15H2,1-2H3. The molecule has 0 aliphatic heterocycles. The first kappa shape index (κ1) is 13.2. The van der Waals surface area contributed by atoms with Crippen LogP contribution in [-0.2, 0) is 6.42 Å². The van der Waals surface area contributed by atoms with Crippen molar-refractivity contribution in [2.24, 2.45) is 5.73 Å². The van der Waals surface area contributed by atoms with Crippen LogP contribution in [0.25, 0.3) is 5.65 Å². The van der Waals surface area contributed by atoms with Gasteiger partial charge in [0.25, 0.3) is 5.22 Å². The Morgan fingerprint density at radius 2 is 2.15 bits per heavy atom. The highest BCUT2D eigenvalue weighted by atomic mass is 32.2. The number of pyridine rings is 1. The maximum Gasteiger partial charge on any atom is 0.262 e. The number of nitrogens with zero attached hydrogens (tertiary/aromatic N) is 3. The fourth-order valence-corrected chi connectivity index (χ4v) is 3.01. The van der Waals surface area contributed by atoms with Crippen molar-refractivity contribution >= 4 is 17.4 Å². The van der Waals surface area contributed by atoms with Crippen molar-refractivity contribution in [1.82, 2.24) is 14.4 Å². The van der Waals surface area contributed by atoms with Gasteiger partial charge in [-0.1, -0.05) is 6.07 Å². The number of rotatable bonds is 4. The van der Waals surface area contributed by atoms with Crippen molar-refractivity contribution in [3.8, 4) is 0 Å². The van der Waals surface area contributed by atoms with E-state index >= 15 is 0 Å². The van der Waals surface area contributed by atoms with Crippen molar-refractivity contribution in [1.29, 1.82) is 0 Å². The van der Waals surface area contributed by atoms with Gasteiger partial charge in [0.05, 0.1) is 11.4 Å². The Hall–Kier alpha value is -1.79. The van der Waals surface area contributed by atoms with E-state index in [9.17, 15) is 0 Å². The van der Waals surface area contributed by atoms with E-state index in [1.807, 2.05) is 38.2 Å². The molecule has 3 heterocycles. The fraction of sp³-hybridized carbons (Fsp3) is 0.286. The lowest BCUT2D eigenvalue weighted by Crippen LogP contribution is -2.05. The first-order valence-electron chi connectivity index (χ1n) is 6.47. The number of imidazole rings is 1. The molecule has 0 bridgehead atoms. The number of hydrogen-bond donors (Lipinski definition) is 1. The van der Waals surface area contributed by atoms with Crippen LogP contribution in [0, 0.1) is 13.8 Å². The molecule has 3 rings (SSSR count). The van der Waals surface area contributed by atoms with Crippen molar-refractivity contribution < 1.29 is 4.42 Å². The summed E-state index contributed by atoms with van der Waals surface area (Å²) in [5.74, 6) is 0.844. The van der Waals surface area contributed by atoms with E-state index in [0.717, 1.165) is 34.2 Å². The molecule has 20 heavy (non-hydrogen) atoms. The summed E-state index contributed by atoms with van der Waals surface area (Å²) >= 11 is 1.45. The number of nitrogens with two attached hydrogens (primary N) is 1. The molecule has 0 fully saturated rings. The summed E-state index contributed by atoms with van der Waals surface area (Å²) in [7, 11) is 0. The van der Waals surface area contributed by atoms with Gasteiger partial charge in [-0.3, -0.25) is 0 Å². The van der Waals surface area contributed by atoms with Gasteiger partial charge in [-0.2, -0.15) is 0 Å². The lowest BCUT2D eigenvalue weighted by atomic mass is 10.3. The molecule has 3 aromatic rings. The molecule has 0 saturated carbocycles. The highest BCUT2D eigenvalue weighted by Crippen LogP contribution is 2.31. The third kappa shape index (κ3) is 2.32. The molecule has 0 aliphatic carbocycles. The van der Waals surface area contributed by atoms with Crippen molar-refractivity contribution in [2.75, 3.05) is 6.54 Å². The summed E-state index contributed by atoms with van der Waals surface area (Å²) in [5.41, 5.74) is 8.64. The van der Waals surface area contributed by atoms with Gasteiger partial charge in [-0.05, 0) is 44.3 Å². The van der Waals surface area contributed by atoms with Gasteiger partial charge in [-0.25, -0.2) is 9.97 Å². The molecule has 5 nitrogen and oxygen atoms in total. The number of hydrogen-bond acceptors (Lipinski definition) is 5. The number of aryl methyl sites for hydroxylation is 2. The molecule has 0 aliphatic rings. The van der Waals surface area contributed by atoms with Crippen LogP contribution >= 0.6 is 11.8 Å². The Morgan fingerprint density at radius 3 is 2.85 bits per heavy atom. The number of aromatic nitrogens is 3. The maximum absolute atomic E-state index is 5.71. The minimum Gasteiger partial charge on any atom is -0.436 e. The molecule has 0 spiro atoms. The van der Waals surface area contributed by atoms with Gasteiger partial charge in [0.15, 0.2) is 0 Å². The first-order chi connectivity index (χ1) is 9.69. The number of oxazole rings is 1. The topological polar surface area (TPSA) is 69.3 Å². The second kappa shape index (κ2) is 5.30. The van der Waals surface area contributed by atoms with E-state index in [2.05, 4.69) is 14.4 Å². The number of fused-ring (bicyclic) bond motifs is 1. The van der Waals surface area contributed by atoms with Crippen molar-refractivity contribution in [3.63, 3.8) is 0 Å². The largest absolute Gasteiger partial charge is 0.436 e. The lowest BCUT2D eigenvalue weighted by molar-refractivity contribution is 0.431. The Kier molecular flexibility index (Phi) is 3.50. The Balaban J connectivity index is 2.03. The van der Waals surface area contributed by atoms with Crippen molar-refractivity contribution in [3.05, 3.63) is 41.5 Å². The first-order valence-corrected chi connectivity index (χ1v) is 7.28. The molecular formula is C14H16N4OS. The summed E-state index contributed by atoms with van der Waals surface area (Å²) in [6.45, 7) is 4.43. The van der Waals surface area contributed by atoms with Crippen LogP contribution in [0.3, 0.4) is 0 Å². The summed E-state index contributed by atoms with van der Waals surface area (Å²) in [5, 5.41) is 1.53. The minimum atomic E-state index is 0.583. The van der Waals surface area contributed by atoms with Crippen molar-refractivity contribution in [2.45, 2.75) is 30.5 Å². The third-order valence-electron chi connectivity index (χ3n) is 3.17. The van der Waals surface area contributed by atoms with E-state index in [1.165, 1.54) is 11.8 Å². The Morgan fingerprint density at radius 1 is 1.30 bits per heavy atom. The Bertz CT molecular complexity index is 727. The maximum atomic E-state index is 5.71. The zero-order valence-corrected chi connectivity index (χ0v) is 12.3. The predicted octanol–water partition coefficient (Wildman–Crippen LogP) is 2.59. The van der Waals surface area contributed by atoms with Crippen LogP contribution in [0.2, 0.25) is 0 Å². The Labute approximate surface area is 121 Å². The highest BCUT2D eigenvalue weighted by molar-refractivity contribution is 7.99. The zero-order chi connectivity index (χ0) is 14.1. The van der Waals surface area contributed by atoms with Gasteiger partial charge < -0.3 is 14.6 Å². The van der Waals surface area contributed by atoms with Crippen LogP contribution in [-0.4, -0.2) is 20.9 Å². The molecule has 0 saturated heterocycles. The van der Waals surface area contributed by atoms with Crippen LogP contribution < -0.4 is 5.73 Å². The normalized spacial score (nSPS) is 11.3. The monoisotopic (exact) mass is 288 g/mol. The van der Waals surface area contributed by atoms with Gasteiger partial charge in [0.1, 0.15) is 16.4 Å². The van der Waals surface area contributed by atoms with Crippen LogP contribution in [0.1, 0.15) is 17.1 Å². The zero-order valence-electron chi connectivity index (χ0n) is 11.5. The van der Waals surface area contributed by atoms with Gasteiger partial charge >= 0.3 is 0 Å².